The van der Waals surface area contributed by atoms with E-state index in [0.717, 1.165) is 24.9 Å². The fourth-order valence-corrected chi connectivity index (χ4v) is 8.74. The van der Waals surface area contributed by atoms with Gasteiger partial charge in [0.2, 0.25) is 10.0 Å². The number of nitrogens with one attached hydrogen (secondary N) is 1. The Labute approximate surface area is 253 Å². The average molecular weight is 615 g/mol. The molecule has 2 aromatic carbocycles. The summed E-state index contributed by atoms with van der Waals surface area (Å²) in [6, 6.07) is 15.9. The molecule has 11 heteroatoms. The number of hydrogen-bond acceptors (Lipinski definition) is 9. The van der Waals surface area contributed by atoms with Crippen molar-refractivity contribution >= 4 is 16.0 Å². The summed E-state index contributed by atoms with van der Waals surface area (Å²) in [6.45, 7) is 2.72. The highest BCUT2D eigenvalue weighted by molar-refractivity contribution is 7.89. The number of carbonyl (C=O) groups is 1. The molecule has 0 spiro atoms. The van der Waals surface area contributed by atoms with Crippen LogP contribution in [0.5, 0.6) is 5.75 Å². The molecular formula is C32H42N2O8S. The Morgan fingerprint density at radius 1 is 1.09 bits per heavy atom. The predicted molar refractivity (Wildman–Crippen MR) is 158 cm³/mol. The number of rotatable bonds is 13. The number of hydrogen-bond donors (Lipinski definition) is 2. The zero-order chi connectivity index (χ0) is 30.0. The Morgan fingerprint density at radius 2 is 1.86 bits per heavy atom. The standard InChI is InChI=1S/C32H42N2O8S/c1-39-25-7-9-26(10-8-25)43(37,38)34(17-22-11-12-33-16-22)18-29(35)23(13-21-5-3-2-4-6-21)15-30(36)42-31-24-14-27-28(31)20-41-32(27)40-19-24/h2-10,22-24,27-29,31-33,35H,11-20H2,1H3/t22?,23-,24?,27?,28?,29-,31?,32?/m1/s1. The SMILES string of the molecule is COc1ccc(S(=O)(=O)N(CC2CCNC2)C[C@@H](O)[C@@H](CC(=O)OC2C3COC4OCC2C4C3)Cc2ccccc2)cc1. The third kappa shape index (κ3) is 6.77. The van der Waals surface area contributed by atoms with Crippen molar-refractivity contribution in [2.75, 3.05) is 46.5 Å². The Balaban J connectivity index is 1.20. The summed E-state index contributed by atoms with van der Waals surface area (Å²) >= 11 is 0. The minimum absolute atomic E-state index is 0.0246. The molecule has 1 saturated carbocycles. The van der Waals surface area contributed by atoms with Gasteiger partial charge in [0, 0.05) is 36.8 Å². The van der Waals surface area contributed by atoms with Crippen LogP contribution in [0, 0.1) is 29.6 Å². The molecule has 0 amide bonds. The number of aliphatic hydroxyl groups excluding tert-OH is 1. The molecule has 0 aromatic heterocycles. The number of sulfonamides is 1. The van der Waals surface area contributed by atoms with E-state index in [1.165, 1.54) is 23.5 Å². The van der Waals surface area contributed by atoms with Crippen LogP contribution in [-0.4, -0.2) is 88.8 Å². The predicted octanol–water partition coefficient (Wildman–Crippen LogP) is 2.46. The second kappa shape index (κ2) is 13.2. The van der Waals surface area contributed by atoms with Gasteiger partial charge in [-0.1, -0.05) is 30.3 Å². The van der Waals surface area contributed by atoms with Crippen molar-refractivity contribution in [3.63, 3.8) is 0 Å². The maximum atomic E-state index is 13.9. The first-order chi connectivity index (χ1) is 20.8. The lowest BCUT2D eigenvalue weighted by atomic mass is 9.90. The summed E-state index contributed by atoms with van der Waals surface area (Å²) in [6.07, 6.45) is 0.602. The van der Waals surface area contributed by atoms with Crippen molar-refractivity contribution < 1.29 is 37.3 Å². The molecule has 3 aliphatic heterocycles. The van der Waals surface area contributed by atoms with Gasteiger partial charge in [0.1, 0.15) is 11.9 Å². The summed E-state index contributed by atoms with van der Waals surface area (Å²) in [4.78, 5) is 13.6. The van der Waals surface area contributed by atoms with Crippen LogP contribution in [0.3, 0.4) is 0 Å². The van der Waals surface area contributed by atoms with E-state index in [9.17, 15) is 18.3 Å². The van der Waals surface area contributed by atoms with Crippen molar-refractivity contribution in [2.24, 2.45) is 29.6 Å². The third-order valence-corrected chi connectivity index (χ3v) is 11.4. The number of esters is 1. The van der Waals surface area contributed by atoms with E-state index in [-0.39, 0.29) is 66.4 Å². The summed E-state index contributed by atoms with van der Waals surface area (Å²) in [7, 11) is -2.40. The smallest absolute Gasteiger partial charge is 0.306 e. The van der Waals surface area contributed by atoms with E-state index >= 15 is 0 Å². The number of ether oxygens (including phenoxy) is 4. The van der Waals surface area contributed by atoms with Crippen molar-refractivity contribution in [2.45, 2.75) is 49.1 Å². The van der Waals surface area contributed by atoms with Crippen molar-refractivity contribution in [1.29, 1.82) is 0 Å². The summed E-state index contributed by atoms with van der Waals surface area (Å²) < 4.78 is 52.1. The number of benzene rings is 2. The third-order valence-electron chi connectivity index (χ3n) is 9.58. The van der Waals surface area contributed by atoms with Crippen LogP contribution in [0.15, 0.2) is 59.5 Å². The monoisotopic (exact) mass is 614 g/mol. The molecule has 6 unspecified atom stereocenters. The van der Waals surface area contributed by atoms with Crippen LogP contribution in [-0.2, 0) is 35.4 Å². The van der Waals surface area contributed by atoms with E-state index in [0.29, 0.717) is 31.9 Å². The van der Waals surface area contributed by atoms with Gasteiger partial charge in [-0.15, -0.1) is 0 Å². The van der Waals surface area contributed by atoms with E-state index in [4.69, 9.17) is 18.9 Å². The second-order valence-electron chi connectivity index (χ2n) is 12.4. The van der Waals surface area contributed by atoms with E-state index in [2.05, 4.69) is 5.32 Å². The molecule has 8 atom stereocenters. The summed E-state index contributed by atoms with van der Waals surface area (Å²) in [5.74, 6) is 0.291. The van der Waals surface area contributed by atoms with Crippen molar-refractivity contribution in [3.8, 4) is 5.75 Å². The number of fused-ring (bicyclic) bond motifs is 1. The van der Waals surface area contributed by atoms with Gasteiger partial charge in [0.15, 0.2) is 6.29 Å². The minimum Gasteiger partial charge on any atom is -0.497 e. The molecule has 3 heterocycles. The van der Waals surface area contributed by atoms with Gasteiger partial charge >= 0.3 is 5.97 Å². The fourth-order valence-electron chi connectivity index (χ4n) is 7.21. The lowest BCUT2D eigenvalue weighted by Crippen LogP contribution is -2.44. The van der Waals surface area contributed by atoms with E-state index in [1.807, 2.05) is 30.3 Å². The average Bonchev–Trinajstić information content (AvgIpc) is 3.74. The Bertz CT molecular complexity index is 1330. The highest BCUT2D eigenvalue weighted by atomic mass is 32.2. The van der Waals surface area contributed by atoms with Crippen LogP contribution in [0.2, 0.25) is 0 Å². The van der Waals surface area contributed by atoms with Gasteiger partial charge in [0.05, 0.1) is 37.7 Å². The lowest BCUT2D eigenvalue weighted by Gasteiger charge is -2.31. The molecule has 4 aliphatic rings. The first-order valence-corrected chi connectivity index (χ1v) is 16.8. The number of carbonyl (C=O) groups excluding carboxylic acids is 1. The highest BCUT2D eigenvalue weighted by Gasteiger charge is 2.56. The topological polar surface area (TPSA) is 124 Å². The quantitative estimate of drug-likeness (QED) is 0.328. The van der Waals surface area contributed by atoms with Crippen LogP contribution in [0.25, 0.3) is 0 Å². The molecule has 2 bridgehead atoms. The lowest BCUT2D eigenvalue weighted by molar-refractivity contribution is -0.178. The Kier molecular flexibility index (Phi) is 9.37. The van der Waals surface area contributed by atoms with Gasteiger partial charge in [0.25, 0.3) is 0 Å². The molecule has 10 nitrogen and oxygen atoms in total. The molecule has 43 heavy (non-hydrogen) atoms. The van der Waals surface area contributed by atoms with Gasteiger partial charge in [-0.2, -0.15) is 4.31 Å². The first-order valence-electron chi connectivity index (χ1n) is 15.3. The number of nitrogens with zero attached hydrogens (tertiary/aromatic N) is 1. The molecular weight excluding hydrogens is 572 g/mol. The van der Waals surface area contributed by atoms with Gasteiger partial charge in [-0.05, 0) is 68.1 Å². The Morgan fingerprint density at radius 3 is 2.58 bits per heavy atom. The normalized spacial score (nSPS) is 29.5. The number of aliphatic hydroxyl groups is 1. The van der Waals surface area contributed by atoms with E-state index < -0.39 is 22.0 Å². The zero-order valence-electron chi connectivity index (χ0n) is 24.5. The maximum Gasteiger partial charge on any atom is 0.306 e. The maximum absolute atomic E-state index is 13.9. The molecule has 0 radical (unpaired) electrons. The highest BCUT2D eigenvalue weighted by Crippen LogP contribution is 2.49. The van der Waals surface area contributed by atoms with Gasteiger partial charge in [-0.25, -0.2) is 8.42 Å². The summed E-state index contributed by atoms with van der Waals surface area (Å²) in [5, 5.41) is 15.0. The van der Waals surface area contributed by atoms with Crippen LogP contribution in [0.4, 0.5) is 0 Å². The van der Waals surface area contributed by atoms with Crippen LogP contribution >= 0.6 is 0 Å². The summed E-state index contributed by atoms with van der Waals surface area (Å²) in [5.41, 5.74) is 0.959. The molecule has 234 valence electrons. The molecule has 6 rings (SSSR count). The second-order valence-corrected chi connectivity index (χ2v) is 14.3. The molecule has 1 aliphatic carbocycles. The zero-order valence-corrected chi connectivity index (χ0v) is 25.4. The van der Waals surface area contributed by atoms with Crippen LogP contribution in [0.1, 0.15) is 24.8 Å². The van der Waals surface area contributed by atoms with Crippen molar-refractivity contribution in [3.05, 3.63) is 60.2 Å². The van der Waals surface area contributed by atoms with E-state index in [1.54, 1.807) is 12.1 Å². The number of methoxy groups -OCH3 is 1. The van der Waals surface area contributed by atoms with Gasteiger partial charge < -0.3 is 29.4 Å². The largest absolute Gasteiger partial charge is 0.497 e. The van der Waals surface area contributed by atoms with Crippen LogP contribution < -0.4 is 10.1 Å². The van der Waals surface area contributed by atoms with Crippen molar-refractivity contribution in [1.82, 2.24) is 9.62 Å². The Hall–Kier alpha value is -2.54. The van der Waals surface area contributed by atoms with Gasteiger partial charge in [-0.3, -0.25) is 4.79 Å². The molecule has 2 N–H and O–H groups in total. The molecule has 4 fully saturated rings. The fraction of sp³-hybridized carbons (Fsp3) is 0.594. The first kappa shape index (κ1) is 30.5. The molecule has 2 aromatic rings. The molecule has 3 saturated heterocycles. The minimum atomic E-state index is -3.93.